The van der Waals surface area contributed by atoms with Crippen molar-refractivity contribution < 1.29 is 25.7 Å². The summed E-state index contributed by atoms with van der Waals surface area (Å²) in [6, 6.07) is 3.72. The average molecular weight is 683 g/mol. The summed E-state index contributed by atoms with van der Waals surface area (Å²) in [5, 5.41) is 3.78. The fourth-order valence-corrected chi connectivity index (χ4v) is 10.6. The highest BCUT2D eigenvalue weighted by Crippen LogP contribution is 2.30. The van der Waals surface area contributed by atoms with Crippen molar-refractivity contribution >= 4 is 20.0 Å². The van der Waals surface area contributed by atoms with Gasteiger partial charge >= 0.3 is 0 Å². The number of piperidine rings is 4. The Balaban J connectivity index is 0.000000181. The summed E-state index contributed by atoms with van der Waals surface area (Å²) >= 11 is 0. The van der Waals surface area contributed by atoms with E-state index in [1.54, 1.807) is 18.2 Å². The van der Waals surface area contributed by atoms with Crippen LogP contribution in [-0.2, 0) is 20.0 Å². The monoisotopic (exact) mass is 682 g/mol. The number of aryl methyl sites for hydroxylation is 2. The minimum absolute atomic E-state index is 0.253. The van der Waals surface area contributed by atoms with Crippen molar-refractivity contribution in [3.05, 3.63) is 35.7 Å². The Bertz CT molecular complexity index is 1490. The number of rotatable bonds is 6. The van der Waals surface area contributed by atoms with Crippen molar-refractivity contribution in [3.8, 4) is 0 Å². The Morgan fingerprint density at radius 3 is 1.59 bits per heavy atom. The number of hydrogen-bond donors (Lipinski definition) is 0. The number of pyridine rings is 1. The molecule has 2 aromatic rings. The third-order valence-corrected chi connectivity index (χ3v) is 14.5. The van der Waals surface area contributed by atoms with Gasteiger partial charge in [-0.3, -0.25) is 0 Å². The van der Waals surface area contributed by atoms with Gasteiger partial charge in [0.1, 0.15) is 15.5 Å². The van der Waals surface area contributed by atoms with E-state index < -0.39 is 26.0 Å². The fourth-order valence-electron chi connectivity index (χ4n) is 7.36. The lowest BCUT2D eigenvalue weighted by Gasteiger charge is -2.40. The molecule has 0 unspecified atom stereocenters. The zero-order valence-electron chi connectivity index (χ0n) is 27.8. The van der Waals surface area contributed by atoms with E-state index in [0.29, 0.717) is 49.7 Å². The van der Waals surface area contributed by atoms with Gasteiger partial charge in [-0.05, 0) is 115 Å². The maximum Gasteiger partial charge on any atom is 0.248 e. The molecule has 6 rings (SSSR count). The van der Waals surface area contributed by atoms with Crippen LogP contribution in [0.3, 0.4) is 0 Å². The topological polar surface area (TPSA) is 120 Å². The standard InChI is InChI=1S/C16H24FN3O2S.C16H27N3O3S/c1-13-4-9-19(10-5-13)14-6-11-20(12-7-14)23(21,22)15-3-2-8-18-16(15)17;1-12-4-8-18(9-5-12)15-6-10-19(11-7-15)23(20,21)16-13(2)17-22-14(16)3/h2-3,8,13-14H,4-7,9-12H2,1H3;12,15H,4-11H2,1-3H3. The zero-order valence-corrected chi connectivity index (χ0v) is 29.4. The Morgan fingerprint density at radius 2 is 1.17 bits per heavy atom. The number of aromatic nitrogens is 2. The second kappa shape index (κ2) is 15.1. The van der Waals surface area contributed by atoms with Crippen molar-refractivity contribution in [1.82, 2.24) is 28.6 Å². The van der Waals surface area contributed by atoms with Crippen LogP contribution >= 0.6 is 0 Å². The molecule has 0 saturated carbocycles. The first-order valence-electron chi connectivity index (χ1n) is 16.9. The van der Waals surface area contributed by atoms with Gasteiger partial charge < -0.3 is 14.3 Å². The molecule has 0 bridgehead atoms. The third-order valence-electron chi connectivity index (χ3n) is 10.4. The molecule has 46 heavy (non-hydrogen) atoms. The molecule has 0 radical (unpaired) electrons. The summed E-state index contributed by atoms with van der Waals surface area (Å²) in [4.78, 5) is 8.44. The van der Waals surface area contributed by atoms with E-state index >= 15 is 0 Å². The molecule has 4 aliphatic rings. The normalized spacial score (nSPS) is 23.3. The van der Waals surface area contributed by atoms with Gasteiger partial charge in [0.15, 0.2) is 5.76 Å². The molecule has 0 N–H and O–H groups in total. The molecule has 2 aromatic heterocycles. The molecule has 0 aliphatic carbocycles. The molecule has 4 fully saturated rings. The third kappa shape index (κ3) is 8.00. The molecule has 14 heteroatoms. The number of halogens is 1. The van der Waals surface area contributed by atoms with E-state index in [1.165, 1.54) is 48.3 Å². The Kier molecular flexibility index (Phi) is 11.6. The summed E-state index contributed by atoms with van der Waals surface area (Å²) in [7, 11) is -7.26. The predicted molar refractivity (Wildman–Crippen MR) is 174 cm³/mol. The molecule has 0 spiro atoms. The number of likely N-dealkylation sites (tertiary alicyclic amines) is 2. The van der Waals surface area contributed by atoms with Crippen LogP contribution in [0.4, 0.5) is 4.39 Å². The van der Waals surface area contributed by atoms with Gasteiger partial charge in [0.05, 0.1) is 0 Å². The van der Waals surface area contributed by atoms with Crippen molar-refractivity contribution in [2.45, 2.75) is 101 Å². The van der Waals surface area contributed by atoms with Crippen molar-refractivity contribution in [2.24, 2.45) is 11.8 Å². The SMILES string of the molecule is CC1CCN(C2CCN(S(=O)(=O)c3cccnc3F)CC2)CC1.Cc1noc(C)c1S(=O)(=O)N1CCC(N2CCC(C)CC2)CC1. The molecule has 4 aliphatic heterocycles. The van der Waals surface area contributed by atoms with Crippen LogP contribution in [0.25, 0.3) is 0 Å². The van der Waals surface area contributed by atoms with Gasteiger partial charge in [0, 0.05) is 44.5 Å². The van der Waals surface area contributed by atoms with E-state index in [9.17, 15) is 21.2 Å². The van der Waals surface area contributed by atoms with Crippen LogP contribution < -0.4 is 0 Å². The maximum atomic E-state index is 13.7. The maximum absolute atomic E-state index is 13.7. The summed E-state index contributed by atoms with van der Waals surface area (Å²) in [5.74, 6) is 1.08. The van der Waals surface area contributed by atoms with Gasteiger partial charge in [-0.1, -0.05) is 19.0 Å². The first-order valence-corrected chi connectivity index (χ1v) is 19.8. The lowest BCUT2D eigenvalue weighted by molar-refractivity contribution is 0.101. The van der Waals surface area contributed by atoms with E-state index in [4.69, 9.17) is 4.52 Å². The number of hydrogen-bond acceptors (Lipinski definition) is 9. The molecule has 0 aromatic carbocycles. The molecular formula is C32H51FN6O5S2. The Morgan fingerprint density at radius 1 is 0.717 bits per heavy atom. The Labute approximate surface area is 274 Å². The van der Waals surface area contributed by atoms with Gasteiger partial charge in [0.25, 0.3) is 0 Å². The Hall–Kier alpha value is -1.97. The highest BCUT2D eigenvalue weighted by Gasteiger charge is 2.36. The van der Waals surface area contributed by atoms with Gasteiger partial charge in [-0.2, -0.15) is 13.0 Å². The molecule has 258 valence electrons. The smallest absolute Gasteiger partial charge is 0.248 e. The lowest BCUT2D eigenvalue weighted by Crippen LogP contribution is -2.48. The second-order valence-electron chi connectivity index (χ2n) is 13.7. The average Bonchev–Trinajstić information content (AvgIpc) is 3.40. The summed E-state index contributed by atoms with van der Waals surface area (Å²) < 4.78 is 72.5. The first kappa shape index (κ1) is 35.3. The summed E-state index contributed by atoms with van der Waals surface area (Å²) in [6.07, 6.45) is 9.69. The minimum atomic E-state index is -3.78. The second-order valence-corrected chi connectivity index (χ2v) is 17.4. The van der Waals surface area contributed by atoms with Crippen molar-refractivity contribution in [3.63, 3.8) is 0 Å². The van der Waals surface area contributed by atoms with Gasteiger partial charge in [0.2, 0.25) is 26.0 Å². The largest absolute Gasteiger partial charge is 0.360 e. The lowest BCUT2D eigenvalue weighted by atomic mass is 9.95. The van der Waals surface area contributed by atoms with Gasteiger partial charge in [-0.15, -0.1) is 0 Å². The fraction of sp³-hybridized carbons (Fsp3) is 0.750. The van der Waals surface area contributed by atoms with E-state index in [-0.39, 0.29) is 9.79 Å². The van der Waals surface area contributed by atoms with Crippen LogP contribution in [0.5, 0.6) is 0 Å². The van der Waals surface area contributed by atoms with Crippen LogP contribution in [0.15, 0.2) is 32.6 Å². The zero-order chi connectivity index (χ0) is 33.1. The van der Waals surface area contributed by atoms with Crippen molar-refractivity contribution in [2.75, 3.05) is 52.4 Å². The van der Waals surface area contributed by atoms with E-state index in [0.717, 1.165) is 63.7 Å². The predicted octanol–water partition coefficient (Wildman–Crippen LogP) is 4.28. The highest BCUT2D eigenvalue weighted by atomic mass is 32.2. The highest BCUT2D eigenvalue weighted by molar-refractivity contribution is 7.89. The molecule has 11 nitrogen and oxygen atoms in total. The molecule has 6 heterocycles. The number of sulfonamides is 2. The van der Waals surface area contributed by atoms with Gasteiger partial charge in [-0.25, -0.2) is 21.8 Å². The summed E-state index contributed by atoms with van der Waals surface area (Å²) in [5.41, 5.74) is 0.453. The minimum Gasteiger partial charge on any atom is -0.360 e. The van der Waals surface area contributed by atoms with Crippen LogP contribution in [0, 0.1) is 31.6 Å². The van der Waals surface area contributed by atoms with E-state index in [1.807, 2.05) is 0 Å². The number of nitrogens with zero attached hydrogens (tertiary/aromatic N) is 6. The molecule has 0 amide bonds. The van der Waals surface area contributed by atoms with Crippen LogP contribution in [0.1, 0.15) is 76.7 Å². The van der Waals surface area contributed by atoms with Crippen LogP contribution in [-0.4, -0.2) is 110 Å². The van der Waals surface area contributed by atoms with Crippen molar-refractivity contribution in [1.29, 1.82) is 0 Å². The molecule has 4 saturated heterocycles. The molecule has 0 atom stereocenters. The van der Waals surface area contributed by atoms with E-state index in [2.05, 4.69) is 33.8 Å². The van der Waals surface area contributed by atoms with Crippen LogP contribution in [0.2, 0.25) is 0 Å². The first-order chi connectivity index (χ1) is 21.9. The quantitative estimate of drug-likeness (QED) is 0.411. The molecular weight excluding hydrogens is 632 g/mol. The summed E-state index contributed by atoms with van der Waals surface area (Å²) in [6.45, 7) is 14.5.